The Bertz CT molecular complexity index is 1500. The number of esters is 1. The summed E-state index contributed by atoms with van der Waals surface area (Å²) in [7, 11) is 1.47. The third kappa shape index (κ3) is 9.36. The third-order valence-corrected chi connectivity index (χ3v) is 6.10. The molecule has 9 heteroatoms. The molecular weight excluding hydrogens is 548 g/mol. The van der Waals surface area contributed by atoms with Crippen LogP contribution in [0, 0.1) is 0 Å². The second kappa shape index (κ2) is 15.6. The SMILES string of the molecule is CCCOc1ccc(C(=O)Oc2ccc(C=NNC(=O)C(C)Oc3ccc(OCc4ccccc4)cc3)cc2OC)cc1. The number of hydrogen-bond acceptors (Lipinski definition) is 8. The lowest BCUT2D eigenvalue weighted by Gasteiger charge is -2.13. The number of rotatable bonds is 14. The number of nitrogens with one attached hydrogen (secondary N) is 1. The zero-order valence-electron chi connectivity index (χ0n) is 24.3. The molecule has 0 aliphatic carbocycles. The molecular formula is C34H34N2O7. The summed E-state index contributed by atoms with van der Waals surface area (Å²) in [6.45, 7) is 4.71. The molecule has 0 aliphatic heterocycles. The molecule has 1 atom stereocenters. The molecule has 4 aromatic rings. The van der Waals surface area contributed by atoms with Gasteiger partial charge in [0.05, 0.1) is 25.5 Å². The van der Waals surface area contributed by atoms with Gasteiger partial charge in [-0.1, -0.05) is 37.3 Å². The van der Waals surface area contributed by atoms with Crippen LogP contribution in [-0.4, -0.2) is 37.9 Å². The molecule has 222 valence electrons. The van der Waals surface area contributed by atoms with Crippen LogP contribution in [0.25, 0.3) is 0 Å². The van der Waals surface area contributed by atoms with Crippen molar-refractivity contribution in [3.05, 3.63) is 114 Å². The minimum absolute atomic E-state index is 0.249. The maximum atomic E-state index is 12.6. The molecule has 9 nitrogen and oxygen atoms in total. The van der Waals surface area contributed by atoms with E-state index in [1.54, 1.807) is 73.7 Å². The van der Waals surface area contributed by atoms with Crippen molar-refractivity contribution in [3.8, 4) is 28.7 Å². The van der Waals surface area contributed by atoms with Gasteiger partial charge in [-0.05, 0) is 91.2 Å². The highest BCUT2D eigenvalue weighted by Crippen LogP contribution is 2.28. The van der Waals surface area contributed by atoms with Gasteiger partial charge in [0.2, 0.25) is 0 Å². The summed E-state index contributed by atoms with van der Waals surface area (Å²) < 4.78 is 28.0. The second-order valence-electron chi connectivity index (χ2n) is 9.41. The van der Waals surface area contributed by atoms with Crippen LogP contribution in [0.1, 0.15) is 41.8 Å². The van der Waals surface area contributed by atoms with E-state index in [9.17, 15) is 9.59 Å². The van der Waals surface area contributed by atoms with Crippen molar-refractivity contribution in [2.45, 2.75) is 33.0 Å². The second-order valence-corrected chi connectivity index (χ2v) is 9.41. The van der Waals surface area contributed by atoms with E-state index in [4.69, 9.17) is 23.7 Å². The highest BCUT2D eigenvalue weighted by atomic mass is 16.6. The summed E-state index contributed by atoms with van der Waals surface area (Å²) >= 11 is 0. The van der Waals surface area contributed by atoms with Crippen LogP contribution in [-0.2, 0) is 11.4 Å². The van der Waals surface area contributed by atoms with Gasteiger partial charge in [0.25, 0.3) is 5.91 Å². The van der Waals surface area contributed by atoms with Crippen LogP contribution in [0.4, 0.5) is 0 Å². The highest BCUT2D eigenvalue weighted by Gasteiger charge is 2.15. The molecule has 0 bridgehead atoms. The predicted molar refractivity (Wildman–Crippen MR) is 163 cm³/mol. The molecule has 1 unspecified atom stereocenters. The van der Waals surface area contributed by atoms with Gasteiger partial charge >= 0.3 is 5.97 Å². The van der Waals surface area contributed by atoms with E-state index < -0.39 is 18.0 Å². The summed E-state index contributed by atoms with van der Waals surface area (Å²) in [5, 5.41) is 4.01. The molecule has 0 radical (unpaired) electrons. The summed E-state index contributed by atoms with van der Waals surface area (Å²) in [6, 6.07) is 28.6. The first-order valence-electron chi connectivity index (χ1n) is 13.8. The molecule has 1 N–H and O–H groups in total. The van der Waals surface area contributed by atoms with Crippen LogP contribution in [0.5, 0.6) is 28.7 Å². The summed E-state index contributed by atoms with van der Waals surface area (Å²) in [4.78, 5) is 25.1. The molecule has 43 heavy (non-hydrogen) atoms. The van der Waals surface area contributed by atoms with E-state index in [0.717, 1.165) is 12.0 Å². The van der Waals surface area contributed by atoms with Crippen molar-refractivity contribution in [3.63, 3.8) is 0 Å². The Labute approximate surface area is 251 Å². The first-order chi connectivity index (χ1) is 20.9. The number of ether oxygens (including phenoxy) is 5. The van der Waals surface area contributed by atoms with Crippen molar-refractivity contribution in [2.75, 3.05) is 13.7 Å². The minimum atomic E-state index is -0.795. The van der Waals surface area contributed by atoms with E-state index in [1.807, 2.05) is 37.3 Å². The number of amides is 1. The van der Waals surface area contributed by atoms with Crippen molar-refractivity contribution in [1.82, 2.24) is 5.43 Å². The monoisotopic (exact) mass is 582 g/mol. The Balaban J connectivity index is 1.26. The Morgan fingerprint density at radius 2 is 1.51 bits per heavy atom. The van der Waals surface area contributed by atoms with Gasteiger partial charge in [-0.15, -0.1) is 0 Å². The molecule has 0 aliphatic rings. The van der Waals surface area contributed by atoms with Gasteiger partial charge in [0, 0.05) is 0 Å². The zero-order valence-corrected chi connectivity index (χ0v) is 24.3. The maximum absolute atomic E-state index is 12.6. The topological polar surface area (TPSA) is 105 Å². The van der Waals surface area contributed by atoms with Crippen LogP contribution in [0.3, 0.4) is 0 Å². The fraction of sp³-hybridized carbons (Fsp3) is 0.206. The van der Waals surface area contributed by atoms with Gasteiger partial charge in [-0.3, -0.25) is 4.79 Å². The fourth-order valence-electron chi connectivity index (χ4n) is 3.79. The molecule has 1 amide bonds. The molecule has 4 aromatic carbocycles. The number of carbonyl (C=O) groups excluding carboxylic acids is 2. The first-order valence-corrected chi connectivity index (χ1v) is 13.8. The van der Waals surface area contributed by atoms with E-state index in [1.165, 1.54) is 13.3 Å². The number of carbonyl (C=O) groups is 2. The van der Waals surface area contributed by atoms with Crippen LogP contribution in [0.15, 0.2) is 102 Å². The first kappa shape index (κ1) is 30.6. The Morgan fingerprint density at radius 3 is 2.21 bits per heavy atom. The Morgan fingerprint density at radius 1 is 0.837 bits per heavy atom. The maximum Gasteiger partial charge on any atom is 0.343 e. The van der Waals surface area contributed by atoms with Gasteiger partial charge in [0.15, 0.2) is 17.6 Å². The fourth-order valence-corrected chi connectivity index (χ4v) is 3.79. The highest BCUT2D eigenvalue weighted by molar-refractivity contribution is 5.92. The summed E-state index contributed by atoms with van der Waals surface area (Å²) in [6.07, 6.45) is 1.55. The molecule has 0 aromatic heterocycles. The lowest BCUT2D eigenvalue weighted by atomic mass is 10.2. The Kier molecular flexibility index (Phi) is 11.1. The molecule has 0 saturated heterocycles. The molecule has 0 saturated carbocycles. The van der Waals surface area contributed by atoms with Crippen molar-refractivity contribution < 1.29 is 33.3 Å². The standard InChI is InChI=1S/C34H34N2O7/c1-4-20-40-28-13-11-27(12-14-28)34(38)43-31-19-10-26(21-32(31)39-3)22-35-36-33(37)24(2)42-30-17-15-29(16-18-30)41-23-25-8-6-5-7-9-25/h5-19,21-22,24H,4,20,23H2,1-3H3,(H,36,37). The lowest BCUT2D eigenvalue weighted by molar-refractivity contribution is -0.127. The van der Waals surface area contributed by atoms with Gasteiger partial charge in [-0.2, -0.15) is 5.10 Å². The Hall–Kier alpha value is -5.31. The van der Waals surface area contributed by atoms with Crippen molar-refractivity contribution in [1.29, 1.82) is 0 Å². The predicted octanol–water partition coefficient (Wildman–Crippen LogP) is 6.20. The van der Waals surface area contributed by atoms with Gasteiger partial charge in [-0.25, -0.2) is 10.2 Å². The normalized spacial score (nSPS) is 11.4. The van der Waals surface area contributed by atoms with E-state index in [-0.39, 0.29) is 5.75 Å². The number of nitrogens with zero attached hydrogens (tertiary/aromatic N) is 1. The largest absolute Gasteiger partial charge is 0.494 e. The zero-order chi connectivity index (χ0) is 30.4. The lowest BCUT2D eigenvalue weighted by Crippen LogP contribution is -2.33. The number of hydrazone groups is 1. The van der Waals surface area contributed by atoms with Crippen LogP contribution in [0.2, 0.25) is 0 Å². The van der Waals surface area contributed by atoms with Crippen molar-refractivity contribution >= 4 is 18.1 Å². The van der Waals surface area contributed by atoms with Gasteiger partial charge in [0.1, 0.15) is 23.9 Å². The van der Waals surface area contributed by atoms with Crippen molar-refractivity contribution in [2.24, 2.45) is 5.10 Å². The molecule has 4 rings (SSSR count). The van der Waals surface area contributed by atoms with E-state index >= 15 is 0 Å². The number of benzene rings is 4. The smallest absolute Gasteiger partial charge is 0.343 e. The average Bonchev–Trinajstić information content (AvgIpc) is 3.04. The third-order valence-electron chi connectivity index (χ3n) is 6.10. The van der Waals surface area contributed by atoms with E-state index in [0.29, 0.717) is 47.3 Å². The van der Waals surface area contributed by atoms with Gasteiger partial charge < -0.3 is 23.7 Å². The summed E-state index contributed by atoms with van der Waals surface area (Å²) in [5.41, 5.74) is 4.54. The quantitative estimate of drug-likeness (QED) is 0.0817. The van der Waals surface area contributed by atoms with Crippen LogP contribution >= 0.6 is 0 Å². The van der Waals surface area contributed by atoms with E-state index in [2.05, 4.69) is 10.5 Å². The number of methoxy groups -OCH3 is 1. The molecule has 0 fully saturated rings. The molecule has 0 spiro atoms. The molecule has 0 heterocycles. The van der Waals surface area contributed by atoms with Crippen LogP contribution < -0.4 is 29.1 Å². The minimum Gasteiger partial charge on any atom is -0.494 e. The number of hydrogen-bond donors (Lipinski definition) is 1. The average molecular weight is 583 g/mol. The summed E-state index contributed by atoms with van der Waals surface area (Å²) in [5.74, 6) is 1.53.